The van der Waals surface area contributed by atoms with E-state index in [1.165, 1.54) is 6.21 Å². The van der Waals surface area contributed by atoms with Gasteiger partial charge in [-0.15, -0.1) is 0 Å². The second-order valence-corrected chi connectivity index (χ2v) is 3.59. The molecule has 0 unspecified atom stereocenters. The molecule has 0 spiro atoms. The molecular weight excluding hydrogens is 200 g/mol. The largest absolute Gasteiger partial charge is 0.479 e. The number of hydrogen-bond donors (Lipinski definition) is 3. The van der Waals surface area contributed by atoms with Gasteiger partial charge < -0.3 is 10.2 Å². The van der Waals surface area contributed by atoms with E-state index in [0.717, 1.165) is 0 Å². The van der Waals surface area contributed by atoms with E-state index >= 15 is 0 Å². The Hall–Kier alpha value is -1.59. The van der Waals surface area contributed by atoms with Crippen molar-refractivity contribution in [1.82, 2.24) is 5.43 Å². The van der Waals surface area contributed by atoms with Crippen molar-refractivity contribution in [2.45, 2.75) is 32.2 Å². The molecule has 0 aromatic heterocycles. The van der Waals surface area contributed by atoms with Crippen molar-refractivity contribution in [2.24, 2.45) is 10.5 Å². The number of nitrogens with one attached hydrogen (secondary N) is 1. The molecule has 1 heterocycles. The van der Waals surface area contributed by atoms with Crippen LogP contribution in [0.15, 0.2) is 5.10 Å². The van der Waals surface area contributed by atoms with Gasteiger partial charge in [-0.25, -0.2) is 9.59 Å². The molecule has 0 radical (unpaired) electrons. The second kappa shape index (κ2) is 3.52. The molecule has 0 saturated heterocycles. The topological polar surface area (TPSA) is 99.0 Å². The molecule has 1 aliphatic rings. The highest BCUT2D eigenvalue weighted by Gasteiger charge is 2.63. The second-order valence-electron chi connectivity index (χ2n) is 3.59. The van der Waals surface area contributed by atoms with Crippen LogP contribution in [0, 0.1) is 5.41 Å². The van der Waals surface area contributed by atoms with Crippen LogP contribution in [0.3, 0.4) is 0 Å². The first-order valence-corrected chi connectivity index (χ1v) is 4.75. The summed E-state index contributed by atoms with van der Waals surface area (Å²) in [5, 5.41) is 21.9. The van der Waals surface area contributed by atoms with Gasteiger partial charge in [-0.05, 0) is 12.8 Å². The summed E-state index contributed by atoms with van der Waals surface area (Å²) in [4.78, 5) is 22.4. The van der Waals surface area contributed by atoms with Gasteiger partial charge in [0, 0.05) is 6.21 Å². The van der Waals surface area contributed by atoms with Crippen molar-refractivity contribution >= 4 is 18.2 Å². The number of carboxylic acid groups (broad SMARTS) is 2. The SMILES string of the molecule is CCC1(CC)C=NNC1(C(=O)O)C(=O)O. The Kier molecular flexibility index (Phi) is 2.70. The first kappa shape index (κ1) is 11.5. The highest BCUT2D eigenvalue weighted by atomic mass is 16.4. The fourth-order valence-corrected chi connectivity index (χ4v) is 2.04. The minimum atomic E-state index is -2.03. The highest BCUT2D eigenvalue weighted by molar-refractivity contribution is 6.08. The zero-order valence-electron chi connectivity index (χ0n) is 8.65. The van der Waals surface area contributed by atoms with Crippen LogP contribution >= 0.6 is 0 Å². The third kappa shape index (κ3) is 1.20. The van der Waals surface area contributed by atoms with Crippen LogP contribution in [0.5, 0.6) is 0 Å². The summed E-state index contributed by atoms with van der Waals surface area (Å²) in [6.07, 6.45) is 2.20. The molecule has 84 valence electrons. The Labute approximate surface area is 87.0 Å². The van der Waals surface area contributed by atoms with Crippen molar-refractivity contribution in [3.05, 3.63) is 0 Å². The summed E-state index contributed by atoms with van der Waals surface area (Å²) in [7, 11) is 0. The molecule has 0 aromatic carbocycles. The molecule has 0 fully saturated rings. The van der Waals surface area contributed by atoms with E-state index in [1.807, 2.05) is 0 Å². The van der Waals surface area contributed by atoms with Crippen LogP contribution in [-0.4, -0.2) is 33.9 Å². The molecule has 3 N–H and O–H groups in total. The van der Waals surface area contributed by atoms with Crippen molar-refractivity contribution in [3.8, 4) is 0 Å². The minimum Gasteiger partial charge on any atom is -0.479 e. The third-order valence-electron chi connectivity index (χ3n) is 3.19. The molecular formula is C9H14N2O4. The van der Waals surface area contributed by atoms with Crippen LogP contribution in [0.25, 0.3) is 0 Å². The Morgan fingerprint density at radius 1 is 1.27 bits per heavy atom. The van der Waals surface area contributed by atoms with E-state index in [4.69, 9.17) is 10.2 Å². The average molecular weight is 214 g/mol. The van der Waals surface area contributed by atoms with Gasteiger partial charge in [0.15, 0.2) is 0 Å². The first-order valence-electron chi connectivity index (χ1n) is 4.75. The van der Waals surface area contributed by atoms with E-state index in [-0.39, 0.29) is 0 Å². The molecule has 0 saturated carbocycles. The summed E-state index contributed by atoms with van der Waals surface area (Å²) in [5.41, 5.74) is -0.767. The summed E-state index contributed by atoms with van der Waals surface area (Å²) >= 11 is 0. The van der Waals surface area contributed by atoms with E-state index in [1.54, 1.807) is 13.8 Å². The monoisotopic (exact) mass is 214 g/mol. The summed E-state index contributed by atoms with van der Waals surface area (Å²) < 4.78 is 0. The zero-order chi connectivity index (χ0) is 11.7. The van der Waals surface area contributed by atoms with Gasteiger partial charge in [0.05, 0.1) is 5.41 Å². The van der Waals surface area contributed by atoms with Gasteiger partial charge in [-0.1, -0.05) is 13.8 Å². The molecule has 0 bridgehead atoms. The van der Waals surface area contributed by atoms with Gasteiger partial charge >= 0.3 is 11.9 Å². The quantitative estimate of drug-likeness (QED) is 0.584. The normalized spacial score (nSPS) is 20.9. The molecule has 6 nitrogen and oxygen atoms in total. The van der Waals surface area contributed by atoms with Crippen LogP contribution in [-0.2, 0) is 9.59 Å². The standard InChI is InChI=1S/C9H14N2O4/c1-3-8(4-2)5-10-11-9(8,6(12)13)7(14)15/h5,11H,3-4H2,1-2H3,(H,12,13)(H,14,15). The summed E-state index contributed by atoms with van der Waals surface area (Å²) in [6.45, 7) is 3.51. The molecule has 1 aliphatic heterocycles. The zero-order valence-corrected chi connectivity index (χ0v) is 8.65. The minimum absolute atomic E-state index is 0.401. The first-order chi connectivity index (χ1) is 6.97. The van der Waals surface area contributed by atoms with Crippen LogP contribution < -0.4 is 5.43 Å². The molecule has 1 rings (SSSR count). The van der Waals surface area contributed by atoms with Crippen LogP contribution in [0.4, 0.5) is 0 Å². The van der Waals surface area contributed by atoms with E-state index < -0.39 is 22.9 Å². The fraction of sp³-hybridized carbons (Fsp3) is 0.667. The molecule has 6 heteroatoms. The Morgan fingerprint density at radius 2 is 1.73 bits per heavy atom. The molecule has 0 aromatic rings. The van der Waals surface area contributed by atoms with Gasteiger partial charge in [-0.2, -0.15) is 5.10 Å². The molecule has 0 amide bonds. The molecule has 15 heavy (non-hydrogen) atoms. The predicted molar refractivity (Wildman–Crippen MR) is 52.6 cm³/mol. The van der Waals surface area contributed by atoms with Gasteiger partial charge in [0.2, 0.25) is 0 Å². The number of carboxylic acids is 2. The lowest BCUT2D eigenvalue weighted by molar-refractivity contribution is -0.164. The average Bonchev–Trinajstić information content (AvgIpc) is 2.58. The highest BCUT2D eigenvalue weighted by Crippen LogP contribution is 2.40. The summed E-state index contributed by atoms with van der Waals surface area (Å²) in [6, 6.07) is 0. The third-order valence-corrected chi connectivity index (χ3v) is 3.19. The Bertz CT molecular complexity index is 306. The van der Waals surface area contributed by atoms with Crippen molar-refractivity contribution in [3.63, 3.8) is 0 Å². The fourth-order valence-electron chi connectivity index (χ4n) is 2.04. The molecule has 0 atom stereocenters. The summed E-state index contributed by atoms with van der Waals surface area (Å²) in [5.74, 6) is -2.81. The van der Waals surface area contributed by atoms with E-state index in [0.29, 0.717) is 12.8 Å². The lowest BCUT2D eigenvalue weighted by Crippen LogP contribution is -2.64. The Balaban J connectivity index is 3.31. The van der Waals surface area contributed by atoms with Crippen LogP contribution in [0.2, 0.25) is 0 Å². The van der Waals surface area contributed by atoms with Crippen molar-refractivity contribution in [1.29, 1.82) is 0 Å². The smallest absolute Gasteiger partial charge is 0.343 e. The maximum Gasteiger partial charge on any atom is 0.343 e. The van der Waals surface area contributed by atoms with Gasteiger partial charge in [0.25, 0.3) is 5.54 Å². The van der Waals surface area contributed by atoms with Gasteiger partial charge in [0.1, 0.15) is 0 Å². The lowest BCUT2D eigenvalue weighted by atomic mass is 9.67. The number of nitrogens with zero attached hydrogens (tertiary/aromatic N) is 1. The maximum atomic E-state index is 11.2. The number of rotatable bonds is 4. The predicted octanol–water partition coefficient (Wildman–Crippen LogP) is 0.290. The van der Waals surface area contributed by atoms with Gasteiger partial charge in [-0.3, -0.25) is 5.43 Å². The number of aliphatic carboxylic acids is 2. The lowest BCUT2D eigenvalue weighted by Gasteiger charge is -2.36. The van der Waals surface area contributed by atoms with Crippen molar-refractivity contribution < 1.29 is 19.8 Å². The van der Waals surface area contributed by atoms with E-state index in [9.17, 15) is 9.59 Å². The number of hydrogen-bond acceptors (Lipinski definition) is 4. The molecule has 0 aliphatic carbocycles. The number of carbonyl (C=O) groups is 2. The van der Waals surface area contributed by atoms with Crippen molar-refractivity contribution in [2.75, 3.05) is 0 Å². The number of hydrazone groups is 1. The van der Waals surface area contributed by atoms with Crippen LogP contribution in [0.1, 0.15) is 26.7 Å². The van der Waals surface area contributed by atoms with E-state index in [2.05, 4.69) is 10.5 Å². The Morgan fingerprint density at radius 3 is 2.00 bits per heavy atom. The maximum absolute atomic E-state index is 11.2.